The summed E-state index contributed by atoms with van der Waals surface area (Å²) < 4.78 is 67.8. The van der Waals surface area contributed by atoms with Gasteiger partial charge in [0.15, 0.2) is 30.8 Å². The number of alkyl carbamates (subject to hydrolysis) is 1. The Kier molecular flexibility index (Phi) is 19.0. The van der Waals surface area contributed by atoms with Gasteiger partial charge in [-0.2, -0.15) is 0 Å². The van der Waals surface area contributed by atoms with Crippen LogP contribution in [0.2, 0.25) is 0 Å². The van der Waals surface area contributed by atoms with Crippen LogP contribution in [0.5, 0.6) is 0 Å². The van der Waals surface area contributed by atoms with Crippen molar-refractivity contribution < 1.29 is 96.6 Å². The second-order valence-corrected chi connectivity index (χ2v) is 25.8. The predicted molar refractivity (Wildman–Crippen MR) is 297 cm³/mol. The van der Waals surface area contributed by atoms with Crippen LogP contribution in [0.3, 0.4) is 0 Å². The van der Waals surface area contributed by atoms with Gasteiger partial charge in [0, 0.05) is 67.8 Å². The number of Topliss-reactive ketones (excluding diaryl/α,β-unsaturated/α-hetero) is 1. The maximum Gasteiger partial charge on any atom is 0.407 e. The minimum atomic E-state index is -1.87. The molecule has 5 saturated heterocycles. The predicted octanol–water partition coefficient (Wildman–Crippen LogP) is 5.78. The fraction of sp³-hybridized carbons (Fsp3) is 0.770. The third-order valence-electron chi connectivity index (χ3n) is 20.2. The molecule has 0 radical (unpaired) electrons. The van der Waals surface area contributed by atoms with E-state index in [2.05, 4.69) is 25.2 Å². The zero-order valence-electron chi connectivity index (χ0n) is 50.4. The number of rotatable bonds is 12. The van der Waals surface area contributed by atoms with Crippen LogP contribution in [-0.4, -0.2) is 179 Å². The van der Waals surface area contributed by atoms with Crippen molar-refractivity contribution in [3.8, 4) is 0 Å². The van der Waals surface area contributed by atoms with Crippen molar-refractivity contribution in [3.63, 3.8) is 0 Å². The number of nitrogens with one attached hydrogen (secondary N) is 1. The molecule has 9 aliphatic rings. The summed E-state index contributed by atoms with van der Waals surface area (Å²) in [5, 5.41) is 62.2. The monoisotopic (exact) mass is 1180 g/mol. The Morgan fingerprint density at radius 2 is 1.38 bits per heavy atom. The van der Waals surface area contributed by atoms with Gasteiger partial charge in [-0.1, -0.05) is 63.6 Å². The maximum atomic E-state index is 15.5. The Balaban J connectivity index is 1.01. The Morgan fingerprint density at radius 3 is 2.01 bits per heavy atom. The highest BCUT2D eigenvalue weighted by molar-refractivity contribution is 6.26. The average Bonchev–Trinajstić information content (AvgIpc) is 2.80. The van der Waals surface area contributed by atoms with Crippen LogP contribution in [0.1, 0.15) is 121 Å². The van der Waals surface area contributed by atoms with Crippen LogP contribution in [-0.2, 0) is 66.5 Å². The van der Waals surface area contributed by atoms with Crippen LogP contribution in [0.15, 0.2) is 58.4 Å². The summed E-state index contributed by atoms with van der Waals surface area (Å²) >= 11 is 0. The van der Waals surface area contributed by atoms with Crippen molar-refractivity contribution in [1.82, 2.24) is 5.32 Å². The standard InChI is InChI=1S/C61H88N2O21/c1-27-14-17-42(80-47-25-59(10,63(72)73)54(35(9)79-47)62-58(71)75-13)28(2)19-37-20-36(26-64)31(5)24-61(37)56(69)48(57(70)84-61)55(68)60(11)39(27)16-15-38-49(60)29(3)18-30(4)51(38)82-46-23-43(50(67)32(6)76-46)81-44-22-41(66)53(34(8)78-44)83-45-21-40(65)52(74-12)33(7)77-45/h14-16,19-20,26,29-35,37-47,49-54,65-68H,17-18,21-25H2,1-13H3,(H,62,71)/b27-14+,28-19+,55-48+/t29-,30-,31+,32-,33-,34-,35-,37+,38-,39-,40+,41+,42-,43+,44-,45+,46-,47-,49+,50-,51-,52-,53-,54-,59-,60+,61-/m0/s1. The molecule has 5 heterocycles. The molecule has 5 N–H and O–H groups in total. The summed E-state index contributed by atoms with van der Waals surface area (Å²) in [6.45, 7) is 19.8. The minimum Gasteiger partial charge on any atom is -0.511 e. The second kappa shape index (κ2) is 24.9. The van der Waals surface area contributed by atoms with E-state index in [-0.39, 0.29) is 50.4 Å². The first-order chi connectivity index (χ1) is 39.6. The molecule has 468 valence electrons. The van der Waals surface area contributed by atoms with Gasteiger partial charge in [-0.15, -0.1) is 0 Å². The van der Waals surface area contributed by atoms with Gasteiger partial charge < -0.3 is 77.8 Å². The highest BCUT2D eigenvalue weighted by Gasteiger charge is 2.64. The van der Waals surface area contributed by atoms with Crippen LogP contribution in [0, 0.1) is 57.0 Å². The summed E-state index contributed by atoms with van der Waals surface area (Å²) in [6.07, 6.45) is -3.30. The summed E-state index contributed by atoms with van der Waals surface area (Å²) in [4.78, 5) is 67.6. The number of amides is 1. The number of hydrogen-bond acceptors (Lipinski definition) is 21. The quantitative estimate of drug-likeness (QED) is 0.0386. The molecule has 23 heteroatoms. The lowest BCUT2D eigenvalue weighted by Gasteiger charge is -2.56. The number of fused-ring (bicyclic) bond motifs is 4. The average molecular weight is 1190 g/mol. The topological polar surface area (TPSA) is 306 Å². The number of hydrogen-bond donors (Lipinski definition) is 5. The van der Waals surface area contributed by atoms with Crippen molar-refractivity contribution in [2.24, 2.45) is 46.8 Å². The molecule has 4 aliphatic carbocycles. The van der Waals surface area contributed by atoms with Crippen molar-refractivity contribution >= 4 is 24.1 Å². The molecule has 23 nitrogen and oxygen atoms in total. The molecule has 6 fully saturated rings. The molecule has 0 aromatic rings. The zero-order chi connectivity index (χ0) is 61.2. The molecule has 5 aliphatic heterocycles. The van der Waals surface area contributed by atoms with Gasteiger partial charge in [0.05, 0.1) is 68.5 Å². The highest BCUT2D eigenvalue weighted by atomic mass is 16.7. The molecule has 0 aromatic carbocycles. The summed E-state index contributed by atoms with van der Waals surface area (Å²) in [5.74, 6) is -5.42. The molecule has 1 saturated carbocycles. The molecule has 27 atom stereocenters. The lowest BCUT2D eigenvalue weighted by atomic mass is 9.49. The third-order valence-corrected chi connectivity index (χ3v) is 20.2. The second-order valence-electron chi connectivity index (χ2n) is 25.8. The van der Waals surface area contributed by atoms with Crippen LogP contribution in [0.25, 0.3) is 0 Å². The Hall–Kier alpha value is -4.50. The number of aldehydes is 1. The molecule has 1 spiro atoms. The van der Waals surface area contributed by atoms with E-state index in [9.17, 15) is 44.9 Å². The highest BCUT2D eigenvalue weighted by Crippen LogP contribution is 2.61. The zero-order valence-corrected chi connectivity index (χ0v) is 50.4. The number of allylic oxidation sites excluding steroid dienone is 4. The Labute approximate surface area is 490 Å². The first-order valence-electron chi connectivity index (χ1n) is 29.8. The molecule has 0 unspecified atom stereocenters. The number of ketones is 1. The Morgan fingerprint density at radius 1 is 0.762 bits per heavy atom. The summed E-state index contributed by atoms with van der Waals surface area (Å²) in [7, 11) is 2.66. The van der Waals surface area contributed by atoms with Gasteiger partial charge in [0.25, 0.3) is 0 Å². The molecule has 9 rings (SSSR count). The normalized spacial score (nSPS) is 49.3. The number of carbonyl (C=O) groups excluding carboxylic acids is 4. The van der Waals surface area contributed by atoms with Crippen molar-refractivity contribution in [3.05, 3.63) is 68.5 Å². The smallest absolute Gasteiger partial charge is 0.407 e. The lowest BCUT2D eigenvalue weighted by Crippen LogP contribution is -2.65. The van der Waals surface area contributed by atoms with E-state index in [0.29, 0.717) is 23.9 Å². The largest absolute Gasteiger partial charge is 0.511 e. The van der Waals surface area contributed by atoms with E-state index >= 15 is 4.79 Å². The lowest BCUT2D eigenvalue weighted by molar-refractivity contribution is -0.584. The number of methoxy groups -OCH3 is 2. The van der Waals surface area contributed by atoms with Gasteiger partial charge in [0.1, 0.15) is 42.0 Å². The van der Waals surface area contributed by atoms with Crippen LogP contribution in [0.4, 0.5) is 4.79 Å². The Bertz CT molecular complexity index is 2630. The number of carbonyl (C=O) groups is 4. The first-order valence-corrected chi connectivity index (χ1v) is 29.8. The summed E-state index contributed by atoms with van der Waals surface area (Å²) in [6, 6.07) is -1.09. The van der Waals surface area contributed by atoms with E-state index in [1.54, 1.807) is 53.7 Å². The molecule has 0 aromatic heterocycles. The van der Waals surface area contributed by atoms with Gasteiger partial charge in [-0.05, 0) is 89.2 Å². The fourth-order valence-electron chi connectivity index (χ4n) is 15.7. The molecule has 2 bridgehead atoms. The SMILES string of the molecule is COC(=O)N[C@H]1[C@H](C)O[C@@H](O[C@H]2C/C=C(\C)[C@@H]3C=C[C@@H]4[C@@H](O[C@H]5C[C@@H](O[C@H]6C[C@@H](O)[C@@H](O[C@@H]7C[C@@H](O)[C@@H](OC)[C@H](C)O7)[C@H](C)O6)[C@@H](O)[C@H](C)O5)[C@@H](C)C[C@H](C)[C@H]4[C@]3(C)/C(O)=C3\C(=O)O[C@]4(C[C@@H](C)C(C=O)=C[C@H]4/C=C/2C)C3=O)C[C@]1(C)[N+](=O)[O-]. The van der Waals surface area contributed by atoms with Crippen molar-refractivity contribution in [1.29, 1.82) is 0 Å². The van der Waals surface area contributed by atoms with E-state index < -0.39 is 185 Å². The van der Waals surface area contributed by atoms with Gasteiger partial charge >= 0.3 is 12.1 Å². The number of ether oxygens (including phenoxy) is 11. The molecule has 1 amide bonds. The van der Waals surface area contributed by atoms with Crippen LogP contribution >= 0.6 is 0 Å². The number of esters is 1. The molecular formula is C61H88N2O21. The molecular weight excluding hydrogens is 1100 g/mol. The maximum absolute atomic E-state index is 15.5. The van der Waals surface area contributed by atoms with E-state index in [1.165, 1.54) is 14.0 Å². The number of aliphatic hydroxyl groups excluding tert-OH is 4. The fourth-order valence-corrected chi connectivity index (χ4v) is 15.7. The number of nitrogens with zero attached hydrogens (tertiary/aromatic N) is 1. The van der Waals surface area contributed by atoms with Crippen molar-refractivity contribution in [2.45, 2.75) is 237 Å². The van der Waals surface area contributed by atoms with Gasteiger partial charge in [-0.25, -0.2) is 9.59 Å². The first kappa shape index (κ1) is 64.0. The minimum absolute atomic E-state index is 0.00996. The van der Waals surface area contributed by atoms with E-state index in [0.717, 1.165) is 12.7 Å². The number of aliphatic hydroxyl groups is 4. The van der Waals surface area contributed by atoms with Crippen LogP contribution < -0.4 is 5.32 Å². The summed E-state index contributed by atoms with van der Waals surface area (Å²) in [5.41, 5.74) is -3.76. The van der Waals surface area contributed by atoms with E-state index in [4.69, 9.17) is 52.1 Å². The third kappa shape index (κ3) is 11.7. The number of nitro groups is 1. The van der Waals surface area contributed by atoms with Gasteiger partial charge in [0.2, 0.25) is 11.3 Å². The van der Waals surface area contributed by atoms with Crippen molar-refractivity contribution in [2.75, 3.05) is 14.2 Å². The molecule has 84 heavy (non-hydrogen) atoms. The van der Waals surface area contributed by atoms with E-state index in [1.807, 2.05) is 26.0 Å². The van der Waals surface area contributed by atoms with Gasteiger partial charge in [-0.3, -0.25) is 19.7 Å².